The fourth-order valence-electron chi connectivity index (χ4n) is 3.84. The van der Waals surface area contributed by atoms with Crippen molar-refractivity contribution in [2.45, 2.75) is 85.2 Å². The number of carbonyl (C=O) groups excluding carboxylic acids is 1. The van der Waals surface area contributed by atoms with Crippen LogP contribution in [0.1, 0.15) is 63.9 Å². The molecule has 1 aliphatic rings. The Kier molecular flexibility index (Phi) is 7.08. The van der Waals surface area contributed by atoms with Crippen LogP contribution in [0.3, 0.4) is 0 Å². The predicted octanol–water partition coefficient (Wildman–Crippen LogP) is 2.72. The summed E-state index contributed by atoms with van der Waals surface area (Å²) in [7, 11) is 0. The van der Waals surface area contributed by atoms with Gasteiger partial charge in [-0.1, -0.05) is 0 Å². The van der Waals surface area contributed by atoms with Crippen molar-refractivity contribution in [3.05, 3.63) is 31.3 Å². The van der Waals surface area contributed by atoms with Gasteiger partial charge in [-0.15, -0.1) is 11.3 Å². The highest BCUT2D eigenvalue weighted by Gasteiger charge is 2.24. The van der Waals surface area contributed by atoms with E-state index in [2.05, 4.69) is 5.32 Å². The summed E-state index contributed by atoms with van der Waals surface area (Å²) in [5.74, 6) is -0.330. The summed E-state index contributed by atoms with van der Waals surface area (Å²) in [4.78, 5) is 40.0. The molecular weight excluding hydrogens is 418 g/mol. The van der Waals surface area contributed by atoms with Crippen LogP contribution in [0.5, 0.6) is 0 Å². The van der Waals surface area contributed by atoms with E-state index in [0.717, 1.165) is 23.3 Å². The van der Waals surface area contributed by atoms with Gasteiger partial charge in [0.15, 0.2) is 0 Å². The average Bonchev–Trinajstić information content (AvgIpc) is 3.25. The Morgan fingerprint density at radius 2 is 2.03 bits per heavy atom. The molecule has 0 spiro atoms. The van der Waals surface area contributed by atoms with E-state index >= 15 is 0 Å². The second-order valence-electron chi connectivity index (χ2n) is 9.32. The van der Waals surface area contributed by atoms with Crippen molar-refractivity contribution in [2.24, 2.45) is 0 Å². The lowest BCUT2D eigenvalue weighted by Gasteiger charge is -2.19. The van der Waals surface area contributed by atoms with E-state index < -0.39 is 5.60 Å². The summed E-state index contributed by atoms with van der Waals surface area (Å²) in [6.07, 6.45) is 1.87. The molecular formula is C22H33N3O5S. The van der Waals surface area contributed by atoms with Crippen molar-refractivity contribution < 1.29 is 14.3 Å². The number of nitrogens with zero attached hydrogens (tertiary/aromatic N) is 2. The van der Waals surface area contributed by atoms with Crippen molar-refractivity contribution in [3.8, 4) is 0 Å². The Bertz CT molecular complexity index is 1070. The Balaban J connectivity index is 1.95. The summed E-state index contributed by atoms with van der Waals surface area (Å²) in [6, 6.07) is -0.242. The first-order valence-corrected chi connectivity index (χ1v) is 11.6. The van der Waals surface area contributed by atoms with Gasteiger partial charge in [-0.05, 0) is 59.9 Å². The van der Waals surface area contributed by atoms with Crippen LogP contribution in [-0.2, 0) is 27.4 Å². The average molecular weight is 452 g/mol. The third-order valence-corrected chi connectivity index (χ3v) is 6.56. The van der Waals surface area contributed by atoms with Crippen LogP contribution < -0.4 is 16.6 Å². The van der Waals surface area contributed by atoms with Crippen molar-refractivity contribution in [1.82, 2.24) is 14.5 Å². The molecule has 2 aromatic heterocycles. The normalized spacial score (nSPS) is 17.1. The second kappa shape index (κ2) is 9.26. The smallest absolute Gasteiger partial charge is 0.332 e. The SMILES string of the molecule is Cc1c(CNCC(=O)OC(C)(C)C)sc2c1c(=O)n(C(C)C)c(=O)n2CC1CCCO1. The van der Waals surface area contributed by atoms with Gasteiger partial charge in [-0.25, -0.2) is 4.79 Å². The highest BCUT2D eigenvalue weighted by Crippen LogP contribution is 2.29. The van der Waals surface area contributed by atoms with Crippen LogP contribution in [-0.4, -0.2) is 40.0 Å². The molecule has 31 heavy (non-hydrogen) atoms. The van der Waals surface area contributed by atoms with Crippen molar-refractivity contribution >= 4 is 27.5 Å². The maximum absolute atomic E-state index is 13.2. The molecule has 0 bridgehead atoms. The molecule has 1 atom stereocenters. The minimum absolute atomic E-state index is 0.0184. The van der Waals surface area contributed by atoms with Crippen LogP contribution in [0.4, 0.5) is 0 Å². The molecule has 0 radical (unpaired) electrons. The zero-order valence-corrected chi connectivity index (χ0v) is 20.1. The first-order valence-electron chi connectivity index (χ1n) is 10.8. The summed E-state index contributed by atoms with van der Waals surface area (Å²) in [6.45, 7) is 12.7. The number of hydrogen-bond acceptors (Lipinski definition) is 7. The minimum atomic E-state index is -0.535. The molecule has 172 valence electrons. The van der Waals surface area contributed by atoms with Gasteiger partial charge in [0.1, 0.15) is 10.4 Å². The first kappa shape index (κ1) is 23.7. The molecule has 2 aromatic rings. The van der Waals surface area contributed by atoms with E-state index in [0.29, 0.717) is 29.9 Å². The molecule has 1 N–H and O–H groups in total. The number of aromatic nitrogens is 2. The summed E-state index contributed by atoms with van der Waals surface area (Å²) in [5.41, 5.74) is -0.243. The lowest BCUT2D eigenvalue weighted by molar-refractivity contribution is -0.153. The molecule has 1 fully saturated rings. The van der Waals surface area contributed by atoms with E-state index in [1.165, 1.54) is 15.9 Å². The topological polar surface area (TPSA) is 91.6 Å². The van der Waals surface area contributed by atoms with E-state index in [-0.39, 0.29) is 35.9 Å². The van der Waals surface area contributed by atoms with Crippen LogP contribution in [0.25, 0.3) is 10.2 Å². The largest absolute Gasteiger partial charge is 0.459 e. The summed E-state index contributed by atoms with van der Waals surface area (Å²) in [5, 5.41) is 3.68. The van der Waals surface area contributed by atoms with Gasteiger partial charge in [0.25, 0.3) is 5.56 Å². The minimum Gasteiger partial charge on any atom is -0.459 e. The van der Waals surface area contributed by atoms with Gasteiger partial charge in [0, 0.05) is 24.1 Å². The van der Waals surface area contributed by atoms with Crippen molar-refractivity contribution in [1.29, 1.82) is 0 Å². The predicted molar refractivity (Wildman–Crippen MR) is 122 cm³/mol. The van der Waals surface area contributed by atoms with Gasteiger partial charge in [-0.2, -0.15) is 0 Å². The number of aryl methyl sites for hydroxylation is 1. The van der Waals surface area contributed by atoms with Crippen LogP contribution in [0.15, 0.2) is 9.59 Å². The maximum Gasteiger partial charge on any atom is 0.332 e. The fourth-order valence-corrected chi connectivity index (χ4v) is 5.11. The zero-order valence-electron chi connectivity index (χ0n) is 19.2. The van der Waals surface area contributed by atoms with Crippen molar-refractivity contribution in [2.75, 3.05) is 13.2 Å². The lowest BCUT2D eigenvalue weighted by atomic mass is 10.2. The molecule has 3 heterocycles. The molecule has 0 amide bonds. The molecule has 0 saturated carbocycles. The number of carbonyl (C=O) groups is 1. The molecule has 1 saturated heterocycles. The third-order valence-electron chi connectivity index (χ3n) is 5.24. The number of ether oxygens (including phenoxy) is 2. The number of thiophene rings is 1. The fraction of sp³-hybridized carbons (Fsp3) is 0.682. The van der Waals surface area contributed by atoms with E-state index in [9.17, 15) is 14.4 Å². The van der Waals surface area contributed by atoms with Gasteiger partial charge in [0.05, 0.1) is 24.6 Å². The maximum atomic E-state index is 13.2. The molecule has 9 heteroatoms. The highest BCUT2D eigenvalue weighted by atomic mass is 32.1. The Morgan fingerprint density at radius 3 is 2.61 bits per heavy atom. The first-order chi connectivity index (χ1) is 14.5. The van der Waals surface area contributed by atoms with E-state index in [4.69, 9.17) is 9.47 Å². The number of esters is 1. The van der Waals surface area contributed by atoms with Crippen LogP contribution in [0, 0.1) is 6.92 Å². The van der Waals surface area contributed by atoms with Gasteiger partial charge in [0.2, 0.25) is 0 Å². The van der Waals surface area contributed by atoms with Crippen molar-refractivity contribution in [3.63, 3.8) is 0 Å². The second-order valence-corrected chi connectivity index (χ2v) is 10.4. The molecule has 1 aliphatic heterocycles. The lowest BCUT2D eigenvalue weighted by Crippen LogP contribution is -2.42. The highest BCUT2D eigenvalue weighted by molar-refractivity contribution is 7.18. The van der Waals surface area contributed by atoms with E-state index in [1.807, 2.05) is 41.5 Å². The number of rotatable bonds is 7. The van der Waals surface area contributed by atoms with Gasteiger partial charge in [-0.3, -0.25) is 18.7 Å². The summed E-state index contributed by atoms with van der Waals surface area (Å²) >= 11 is 1.43. The standard InChI is InChI=1S/C22H33N3O5S/c1-13(2)25-19(27)18-14(3)16(10-23-11-17(26)30-22(4,5)6)31-20(18)24(21(25)28)12-15-8-7-9-29-15/h13,15,23H,7-12H2,1-6H3. The molecule has 0 aromatic carbocycles. The number of hydrogen-bond donors (Lipinski definition) is 1. The monoisotopic (exact) mass is 451 g/mol. The Morgan fingerprint density at radius 1 is 1.32 bits per heavy atom. The number of nitrogens with one attached hydrogen (secondary N) is 1. The third kappa shape index (κ3) is 5.27. The van der Waals surface area contributed by atoms with Gasteiger partial charge >= 0.3 is 11.7 Å². The van der Waals surface area contributed by atoms with E-state index in [1.54, 1.807) is 4.57 Å². The zero-order chi connectivity index (χ0) is 22.9. The molecule has 0 aliphatic carbocycles. The molecule has 3 rings (SSSR count). The Labute approximate surface area is 186 Å². The summed E-state index contributed by atoms with van der Waals surface area (Å²) < 4.78 is 14.1. The molecule has 8 nitrogen and oxygen atoms in total. The quantitative estimate of drug-likeness (QED) is 0.651. The van der Waals surface area contributed by atoms with Crippen LogP contribution >= 0.6 is 11.3 Å². The van der Waals surface area contributed by atoms with Gasteiger partial charge < -0.3 is 14.8 Å². The Hall–Kier alpha value is -1.97. The molecule has 1 unspecified atom stereocenters. The number of fused-ring (bicyclic) bond motifs is 1. The van der Waals surface area contributed by atoms with Crippen LogP contribution in [0.2, 0.25) is 0 Å².